The second-order valence-corrected chi connectivity index (χ2v) is 6.72. The molecule has 0 aromatic heterocycles. The number of hydrogen-bond acceptors (Lipinski definition) is 4. The van der Waals surface area contributed by atoms with Gasteiger partial charge in [0.1, 0.15) is 11.3 Å². The minimum absolute atomic E-state index is 0.0833. The van der Waals surface area contributed by atoms with Crippen LogP contribution in [0.3, 0.4) is 0 Å². The third-order valence-electron chi connectivity index (χ3n) is 4.47. The number of carboxylic acids is 1. The van der Waals surface area contributed by atoms with Gasteiger partial charge in [0.25, 0.3) is 0 Å². The minimum atomic E-state index is -0.958. The van der Waals surface area contributed by atoms with Crippen LogP contribution in [0, 0.1) is 0 Å². The average Bonchev–Trinajstić information content (AvgIpc) is 2.64. The van der Waals surface area contributed by atoms with E-state index in [1.165, 1.54) is 6.07 Å². The van der Waals surface area contributed by atoms with Gasteiger partial charge in [-0.05, 0) is 61.1 Å². The molecule has 0 aliphatic heterocycles. The van der Waals surface area contributed by atoms with Crippen LogP contribution >= 0.6 is 0 Å². The van der Waals surface area contributed by atoms with Crippen LogP contribution in [0.5, 0.6) is 17.2 Å². The van der Waals surface area contributed by atoms with Gasteiger partial charge in [-0.1, -0.05) is 38.3 Å². The molecule has 2 aromatic carbocycles. The zero-order valence-electron chi connectivity index (χ0n) is 15.8. The van der Waals surface area contributed by atoms with Crippen LogP contribution in [0.25, 0.3) is 0 Å². The number of ether oxygens (including phenoxy) is 1. The summed E-state index contributed by atoms with van der Waals surface area (Å²) in [6.07, 6.45) is 6.53. The van der Waals surface area contributed by atoms with E-state index in [0.29, 0.717) is 12.4 Å². The maximum absolute atomic E-state index is 11.4. The molecular weight excluding hydrogens is 344 g/mol. The fraction of sp³-hybridized carbons (Fsp3) is 0.409. The predicted octanol–water partition coefficient (Wildman–Crippen LogP) is 4.93. The van der Waals surface area contributed by atoms with Gasteiger partial charge in [0.05, 0.1) is 6.61 Å². The number of unbranched alkanes of at least 4 members (excludes halogenated alkanes) is 3. The SMILES string of the molecule is CCCc1ccc(OCCCCCCc2ccc(O)c(O)c2)c(C(=O)O)c1. The molecule has 0 saturated heterocycles. The van der Waals surface area contributed by atoms with E-state index in [0.717, 1.165) is 56.1 Å². The molecule has 5 heteroatoms. The molecule has 0 aliphatic rings. The molecule has 0 saturated carbocycles. The standard InChI is InChI=1S/C22H28O5/c1-2-7-16-10-12-21(18(14-16)22(25)26)27-13-6-4-3-5-8-17-9-11-19(23)20(24)15-17/h9-12,14-15,23-24H,2-8,13H2,1H3,(H,25,26). The molecule has 0 unspecified atom stereocenters. The Labute approximate surface area is 160 Å². The van der Waals surface area contributed by atoms with Crippen LogP contribution in [0.2, 0.25) is 0 Å². The summed E-state index contributed by atoms with van der Waals surface area (Å²) in [4.78, 5) is 11.4. The lowest BCUT2D eigenvalue weighted by Crippen LogP contribution is -2.05. The van der Waals surface area contributed by atoms with Crippen LogP contribution in [0.15, 0.2) is 36.4 Å². The van der Waals surface area contributed by atoms with Crippen LogP contribution in [-0.4, -0.2) is 27.9 Å². The van der Waals surface area contributed by atoms with Crippen molar-refractivity contribution in [3.63, 3.8) is 0 Å². The summed E-state index contributed by atoms with van der Waals surface area (Å²) >= 11 is 0. The van der Waals surface area contributed by atoms with E-state index in [1.54, 1.807) is 18.2 Å². The van der Waals surface area contributed by atoms with E-state index in [2.05, 4.69) is 6.92 Å². The number of phenolic OH excluding ortho intramolecular Hbond substituents is 2. The summed E-state index contributed by atoms with van der Waals surface area (Å²) in [5.74, 6) is -0.707. The predicted molar refractivity (Wildman–Crippen MR) is 105 cm³/mol. The summed E-state index contributed by atoms with van der Waals surface area (Å²) in [5.41, 5.74) is 2.25. The van der Waals surface area contributed by atoms with Gasteiger partial charge in [-0.25, -0.2) is 4.79 Å². The van der Waals surface area contributed by atoms with E-state index in [1.807, 2.05) is 12.1 Å². The van der Waals surface area contributed by atoms with Gasteiger partial charge in [-0.3, -0.25) is 0 Å². The Bertz CT molecular complexity index is 754. The second kappa shape index (κ2) is 10.5. The zero-order chi connectivity index (χ0) is 19.6. The molecule has 0 amide bonds. The minimum Gasteiger partial charge on any atom is -0.504 e. The van der Waals surface area contributed by atoms with Crippen LogP contribution in [0.4, 0.5) is 0 Å². The summed E-state index contributed by atoms with van der Waals surface area (Å²) in [7, 11) is 0. The van der Waals surface area contributed by atoms with Crippen LogP contribution in [0.1, 0.15) is 60.5 Å². The molecule has 0 bridgehead atoms. The molecule has 0 spiro atoms. The number of carboxylic acid groups (broad SMARTS) is 1. The van der Waals surface area contributed by atoms with Gasteiger partial charge < -0.3 is 20.1 Å². The Kier molecular flexibility index (Phi) is 7.99. The van der Waals surface area contributed by atoms with E-state index in [-0.39, 0.29) is 17.1 Å². The first kappa shape index (κ1) is 20.6. The smallest absolute Gasteiger partial charge is 0.339 e. The molecule has 0 heterocycles. The van der Waals surface area contributed by atoms with Crippen LogP contribution < -0.4 is 4.74 Å². The Morgan fingerprint density at radius 3 is 2.30 bits per heavy atom. The Hall–Kier alpha value is -2.69. The van der Waals surface area contributed by atoms with Gasteiger partial charge in [-0.15, -0.1) is 0 Å². The topological polar surface area (TPSA) is 87.0 Å². The normalized spacial score (nSPS) is 10.7. The molecule has 2 rings (SSSR count). The first-order valence-electron chi connectivity index (χ1n) is 9.51. The second-order valence-electron chi connectivity index (χ2n) is 6.72. The maximum atomic E-state index is 11.4. The van der Waals surface area contributed by atoms with Crippen molar-refractivity contribution < 1.29 is 24.9 Å². The third-order valence-corrected chi connectivity index (χ3v) is 4.47. The van der Waals surface area contributed by atoms with E-state index in [9.17, 15) is 20.1 Å². The number of benzene rings is 2. The number of hydrogen-bond donors (Lipinski definition) is 3. The third kappa shape index (κ3) is 6.51. The van der Waals surface area contributed by atoms with Crippen molar-refractivity contribution in [2.75, 3.05) is 6.61 Å². The molecule has 2 aromatic rings. The first-order valence-corrected chi connectivity index (χ1v) is 9.51. The summed E-state index contributed by atoms with van der Waals surface area (Å²) in [6.45, 7) is 2.56. The molecule has 0 aliphatic carbocycles. The molecule has 0 radical (unpaired) electrons. The van der Waals surface area contributed by atoms with Gasteiger partial charge in [-0.2, -0.15) is 0 Å². The van der Waals surface area contributed by atoms with Crippen LogP contribution in [-0.2, 0) is 12.8 Å². The van der Waals surface area contributed by atoms with Crippen molar-refractivity contribution in [1.82, 2.24) is 0 Å². The lowest BCUT2D eigenvalue weighted by atomic mass is 10.1. The number of aryl methyl sites for hydroxylation is 2. The maximum Gasteiger partial charge on any atom is 0.339 e. The van der Waals surface area contributed by atoms with Crippen molar-refractivity contribution in [2.45, 2.75) is 51.9 Å². The molecule has 0 atom stereocenters. The quantitative estimate of drug-likeness (QED) is 0.384. The number of aromatic hydroxyl groups is 2. The first-order chi connectivity index (χ1) is 13.0. The van der Waals surface area contributed by atoms with Crippen molar-refractivity contribution in [3.8, 4) is 17.2 Å². The van der Waals surface area contributed by atoms with E-state index >= 15 is 0 Å². The lowest BCUT2D eigenvalue weighted by Gasteiger charge is -2.11. The van der Waals surface area contributed by atoms with Gasteiger partial charge >= 0.3 is 5.97 Å². The zero-order valence-corrected chi connectivity index (χ0v) is 15.8. The molecule has 5 nitrogen and oxygen atoms in total. The summed E-state index contributed by atoms with van der Waals surface area (Å²) in [6, 6.07) is 10.3. The highest BCUT2D eigenvalue weighted by atomic mass is 16.5. The monoisotopic (exact) mass is 372 g/mol. The van der Waals surface area contributed by atoms with Gasteiger partial charge in [0.2, 0.25) is 0 Å². The molecule has 0 fully saturated rings. The van der Waals surface area contributed by atoms with Crippen molar-refractivity contribution in [2.24, 2.45) is 0 Å². The Morgan fingerprint density at radius 2 is 1.59 bits per heavy atom. The molecule has 146 valence electrons. The highest BCUT2D eigenvalue weighted by molar-refractivity contribution is 5.91. The van der Waals surface area contributed by atoms with E-state index in [4.69, 9.17) is 4.74 Å². The number of aromatic carboxylic acids is 1. The largest absolute Gasteiger partial charge is 0.504 e. The fourth-order valence-corrected chi connectivity index (χ4v) is 3.01. The molecule has 27 heavy (non-hydrogen) atoms. The van der Waals surface area contributed by atoms with Gasteiger partial charge in [0, 0.05) is 0 Å². The van der Waals surface area contributed by atoms with Gasteiger partial charge in [0.15, 0.2) is 11.5 Å². The summed E-state index contributed by atoms with van der Waals surface area (Å²) in [5, 5.41) is 28.1. The number of carbonyl (C=O) groups is 1. The van der Waals surface area contributed by atoms with Crippen molar-refractivity contribution in [1.29, 1.82) is 0 Å². The molecule has 3 N–H and O–H groups in total. The lowest BCUT2D eigenvalue weighted by molar-refractivity contribution is 0.0692. The Morgan fingerprint density at radius 1 is 0.889 bits per heavy atom. The fourth-order valence-electron chi connectivity index (χ4n) is 3.01. The number of phenols is 2. The summed E-state index contributed by atoms with van der Waals surface area (Å²) < 4.78 is 5.68. The highest BCUT2D eigenvalue weighted by Gasteiger charge is 2.12. The number of rotatable bonds is 11. The van der Waals surface area contributed by atoms with Crippen molar-refractivity contribution >= 4 is 5.97 Å². The Balaban J connectivity index is 1.70. The van der Waals surface area contributed by atoms with Crippen molar-refractivity contribution in [3.05, 3.63) is 53.1 Å². The highest BCUT2D eigenvalue weighted by Crippen LogP contribution is 2.26. The average molecular weight is 372 g/mol. The van der Waals surface area contributed by atoms with E-state index < -0.39 is 5.97 Å². The molecular formula is C22H28O5.